The van der Waals surface area contributed by atoms with Gasteiger partial charge in [0.25, 0.3) is 5.91 Å². The molecule has 1 atom stereocenters. The molecule has 3 heterocycles. The maximum atomic E-state index is 12.4. The van der Waals surface area contributed by atoms with Crippen molar-refractivity contribution in [1.29, 1.82) is 0 Å². The van der Waals surface area contributed by atoms with Gasteiger partial charge in [0.2, 0.25) is 5.89 Å². The number of rotatable bonds is 7. The van der Waals surface area contributed by atoms with E-state index in [1.165, 1.54) is 25.7 Å². The van der Waals surface area contributed by atoms with E-state index in [0.717, 1.165) is 18.9 Å². The fourth-order valence-corrected chi connectivity index (χ4v) is 3.82. The number of H-pyrrole nitrogens is 1. The molecule has 1 unspecified atom stereocenters. The molecule has 2 aliphatic rings. The SMILES string of the molecule is O=C(c1cn[nH]c1)N1CCC(c2nc(CCOCC3CCCC3)no2)C1. The van der Waals surface area contributed by atoms with Crippen molar-refractivity contribution in [2.45, 2.75) is 44.4 Å². The summed E-state index contributed by atoms with van der Waals surface area (Å²) in [6.45, 7) is 2.77. The summed E-state index contributed by atoms with van der Waals surface area (Å²) in [7, 11) is 0. The van der Waals surface area contributed by atoms with Gasteiger partial charge in [-0.1, -0.05) is 18.0 Å². The minimum Gasteiger partial charge on any atom is -0.381 e. The Morgan fingerprint density at radius 2 is 2.23 bits per heavy atom. The average Bonchev–Trinajstić information content (AvgIpc) is 3.45. The fourth-order valence-electron chi connectivity index (χ4n) is 3.82. The summed E-state index contributed by atoms with van der Waals surface area (Å²) in [5.74, 6) is 2.13. The molecule has 8 heteroatoms. The molecule has 140 valence electrons. The van der Waals surface area contributed by atoms with Crippen molar-refractivity contribution in [2.24, 2.45) is 5.92 Å². The van der Waals surface area contributed by atoms with Crippen LogP contribution in [0.5, 0.6) is 0 Å². The third-order valence-electron chi connectivity index (χ3n) is 5.35. The van der Waals surface area contributed by atoms with E-state index in [1.807, 2.05) is 4.90 Å². The molecule has 1 aliphatic heterocycles. The summed E-state index contributed by atoms with van der Waals surface area (Å²) in [6, 6.07) is 0. The van der Waals surface area contributed by atoms with Crippen LogP contribution in [0.1, 0.15) is 60.1 Å². The van der Waals surface area contributed by atoms with Gasteiger partial charge < -0.3 is 14.2 Å². The summed E-state index contributed by atoms with van der Waals surface area (Å²) in [5, 5.41) is 10.6. The number of nitrogens with zero attached hydrogens (tertiary/aromatic N) is 4. The van der Waals surface area contributed by atoms with Gasteiger partial charge in [-0.3, -0.25) is 9.89 Å². The van der Waals surface area contributed by atoms with Crippen molar-refractivity contribution in [3.05, 3.63) is 29.7 Å². The molecule has 1 N–H and O–H groups in total. The molecule has 1 aliphatic carbocycles. The van der Waals surface area contributed by atoms with Gasteiger partial charge in [-0.05, 0) is 25.2 Å². The summed E-state index contributed by atoms with van der Waals surface area (Å²) in [4.78, 5) is 18.7. The molecular weight excluding hydrogens is 334 g/mol. The number of carbonyl (C=O) groups is 1. The van der Waals surface area contributed by atoms with Gasteiger partial charge >= 0.3 is 0 Å². The highest BCUT2D eigenvalue weighted by Gasteiger charge is 2.31. The summed E-state index contributed by atoms with van der Waals surface area (Å²) in [5.41, 5.74) is 0.580. The zero-order chi connectivity index (χ0) is 17.8. The molecule has 2 fully saturated rings. The van der Waals surface area contributed by atoms with Crippen LogP contribution >= 0.6 is 0 Å². The van der Waals surface area contributed by atoms with Gasteiger partial charge in [-0.15, -0.1) is 0 Å². The molecule has 2 aromatic rings. The van der Waals surface area contributed by atoms with Crippen LogP contribution in [0.2, 0.25) is 0 Å². The number of hydrogen-bond donors (Lipinski definition) is 1. The van der Waals surface area contributed by atoms with Crippen LogP contribution in [-0.2, 0) is 11.2 Å². The van der Waals surface area contributed by atoms with Crippen LogP contribution in [0.3, 0.4) is 0 Å². The maximum absolute atomic E-state index is 12.4. The number of carbonyl (C=O) groups excluding carboxylic acids is 1. The van der Waals surface area contributed by atoms with Gasteiger partial charge in [0, 0.05) is 32.3 Å². The normalized spacial score (nSPS) is 20.9. The fraction of sp³-hybridized carbons (Fsp3) is 0.667. The van der Waals surface area contributed by atoms with Gasteiger partial charge in [0.15, 0.2) is 5.82 Å². The summed E-state index contributed by atoms with van der Waals surface area (Å²) >= 11 is 0. The number of likely N-dealkylation sites (tertiary alicyclic amines) is 1. The van der Waals surface area contributed by atoms with E-state index in [2.05, 4.69) is 20.3 Å². The monoisotopic (exact) mass is 359 g/mol. The van der Waals surface area contributed by atoms with Gasteiger partial charge in [0.1, 0.15) is 0 Å². The third-order valence-corrected chi connectivity index (χ3v) is 5.35. The predicted molar refractivity (Wildman–Crippen MR) is 92.6 cm³/mol. The van der Waals surface area contributed by atoms with Gasteiger partial charge in [-0.25, -0.2) is 0 Å². The Bertz CT molecular complexity index is 708. The smallest absolute Gasteiger partial charge is 0.257 e. The van der Waals surface area contributed by atoms with Crippen molar-refractivity contribution in [3.63, 3.8) is 0 Å². The standard InChI is InChI=1S/C18H25N5O3/c24-18(15-9-19-20-10-15)23-7-5-14(11-23)17-21-16(22-26-17)6-8-25-12-13-3-1-2-4-13/h9-10,13-14H,1-8,11-12H2,(H,19,20). The molecule has 8 nitrogen and oxygen atoms in total. The van der Waals surface area contributed by atoms with E-state index < -0.39 is 0 Å². The number of ether oxygens (including phenoxy) is 1. The molecule has 0 bridgehead atoms. The van der Waals surface area contributed by atoms with Crippen LogP contribution in [0.15, 0.2) is 16.9 Å². The Morgan fingerprint density at radius 1 is 1.35 bits per heavy atom. The van der Waals surface area contributed by atoms with Crippen molar-refractivity contribution >= 4 is 5.91 Å². The lowest BCUT2D eigenvalue weighted by atomic mass is 10.1. The summed E-state index contributed by atoms with van der Waals surface area (Å²) < 4.78 is 11.2. The second-order valence-electron chi connectivity index (χ2n) is 7.25. The summed E-state index contributed by atoms with van der Waals surface area (Å²) in [6.07, 6.45) is 9.93. The highest BCUT2D eigenvalue weighted by molar-refractivity contribution is 5.93. The Hall–Kier alpha value is -2.22. The Balaban J connectivity index is 1.23. The minimum absolute atomic E-state index is 0.0127. The molecule has 0 radical (unpaired) electrons. The van der Waals surface area contributed by atoms with E-state index >= 15 is 0 Å². The van der Waals surface area contributed by atoms with Crippen molar-refractivity contribution < 1.29 is 14.1 Å². The molecule has 26 heavy (non-hydrogen) atoms. The Morgan fingerprint density at radius 3 is 3.04 bits per heavy atom. The Kier molecular flexibility index (Phi) is 5.29. The third kappa shape index (κ3) is 3.95. The first kappa shape index (κ1) is 17.2. The minimum atomic E-state index is -0.0127. The quantitative estimate of drug-likeness (QED) is 0.761. The van der Waals surface area contributed by atoms with Gasteiger partial charge in [0.05, 0.1) is 24.3 Å². The first-order chi connectivity index (χ1) is 12.8. The predicted octanol–water partition coefficient (Wildman–Crippen LogP) is 2.17. The highest BCUT2D eigenvalue weighted by atomic mass is 16.5. The van der Waals surface area contributed by atoms with Crippen LogP contribution in [0, 0.1) is 5.92 Å². The largest absolute Gasteiger partial charge is 0.381 e. The molecule has 1 saturated carbocycles. The number of amides is 1. The zero-order valence-corrected chi connectivity index (χ0v) is 14.9. The molecule has 1 saturated heterocycles. The number of nitrogens with one attached hydrogen (secondary N) is 1. The number of aromatic amines is 1. The van der Waals surface area contributed by atoms with Gasteiger partial charge in [-0.2, -0.15) is 10.1 Å². The first-order valence-electron chi connectivity index (χ1n) is 9.48. The topological polar surface area (TPSA) is 97.1 Å². The van der Waals surface area contributed by atoms with E-state index in [1.54, 1.807) is 12.4 Å². The highest BCUT2D eigenvalue weighted by Crippen LogP contribution is 2.27. The van der Waals surface area contributed by atoms with Crippen molar-refractivity contribution in [3.8, 4) is 0 Å². The molecular formula is C18H25N5O3. The van der Waals surface area contributed by atoms with E-state index in [4.69, 9.17) is 9.26 Å². The van der Waals surface area contributed by atoms with E-state index in [-0.39, 0.29) is 11.8 Å². The van der Waals surface area contributed by atoms with Crippen LogP contribution in [-0.4, -0.2) is 57.4 Å². The average molecular weight is 359 g/mol. The lowest BCUT2D eigenvalue weighted by Crippen LogP contribution is -2.28. The number of aromatic nitrogens is 4. The van der Waals surface area contributed by atoms with Crippen LogP contribution < -0.4 is 0 Å². The Labute approximate surface area is 152 Å². The van der Waals surface area contributed by atoms with Crippen molar-refractivity contribution in [2.75, 3.05) is 26.3 Å². The molecule has 0 spiro atoms. The zero-order valence-electron chi connectivity index (χ0n) is 14.9. The molecule has 2 aromatic heterocycles. The van der Waals surface area contributed by atoms with Crippen molar-refractivity contribution in [1.82, 2.24) is 25.2 Å². The van der Waals surface area contributed by atoms with Crippen LogP contribution in [0.4, 0.5) is 0 Å². The molecule has 0 aromatic carbocycles. The first-order valence-corrected chi connectivity index (χ1v) is 9.48. The lowest BCUT2D eigenvalue weighted by molar-refractivity contribution is 0.0789. The molecule has 4 rings (SSSR count). The maximum Gasteiger partial charge on any atom is 0.257 e. The second-order valence-corrected chi connectivity index (χ2v) is 7.25. The van der Waals surface area contributed by atoms with E-state index in [0.29, 0.717) is 43.4 Å². The van der Waals surface area contributed by atoms with E-state index in [9.17, 15) is 4.79 Å². The lowest BCUT2D eigenvalue weighted by Gasteiger charge is -2.14. The second kappa shape index (κ2) is 7.99. The molecule has 1 amide bonds. The number of hydrogen-bond acceptors (Lipinski definition) is 6. The van der Waals surface area contributed by atoms with Crippen LogP contribution in [0.25, 0.3) is 0 Å².